The SMILES string of the molecule is O[C@H]1CC=C(c2ccc(Br)cc2)C1. The van der Waals surface area contributed by atoms with Crippen LogP contribution < -0.4 is 0 Å². The Hall–Kier alpha value is -0.600. The zero-order valence-electron chi connectivity index (χ0n) is 7.20. The topological polar surface area (TPSA) is 20.2 Å². The molecule has 1 N–H and O–H groups in total. The number of benzene rings is 1. The van der Waals surface area contributed by atoms with Gasteiger partial charge in [0, 0.05) is 4.47 Å². The Labute approximate surface area is 86.2 Å². The van der Waals surface area contributed by atoms with E-state index in [4.69, 9.17) is 0 Å². The number of hydrogen-bond donors (Lipinski definition) is 1. The number of halogens is 1. The maximum atomic E-state index is 9.35. The monoisotopic (exact) mass is 238 g/mol. The normalized spacial score (nSPS) is 21.7. The predicted octanol–water partition coefficient (Wildman–Crippen LogP) is 2.99. The second-order valence-corrected chi connectivity index (χ2v) is 4.25. The Balaban J connectivity index is 2.22. The summed E-state index contributed by atoms with van der Waals surface area (Å²) in [4.78, 5) is 0. The van der Waals surface area contributed by atoms with Crippen LogP contribution in [0.5, 0.6) is 0 Å². The van der Waals surface area contributed by atoms with Crippen LogP contribution in [0.25, 0.3) is 5.57 Å². The summed E-state index contributed by atoms with van der Waals surface area (Å²) in [5.41, 5.74) is 2.49. The molecule has 0 spiro atoms. The van der Waals surface area contributed by atoms with E-state index in [1.165, 1.54) is 11.1 Å². The smallest absolute Gasteiger partial charge is 0.0615 e. The Morgan fingerprint density at radius 1 is 1.23 bits per heavy atom. The zero-order chi connectivity index (χ0) is 9.26. The summed E-state index contributed by atoms with van der Waals surface area (Å²) in [5, 5.41) is 9.35. The molecule has 0 aliphatic heterocycles. The first kappa shape index (κ1) is 8.97. The Bertz CT molecular complexity index is 326. The van der Waals surface area contributed by atoms with Crippen molar-refractivity contribution in [3.05, 3.63) is 40.4 Å². The van der Waals surface area contributed by atoms with Crippen molar-refractivity contribution in [2.24, 2.45) is 0 Å². The van der Waals surface area contributed by atoms with E-state index in [1.54, 1.807) is 0 Å². The van der Waals surface area contributed by atoms with Gasteiger partial charge in [0.2, 0.25) is 0 Å². The van der Waals surface area contributed by atoms with Crippen molar-refractivity contribution in [3.63, 3.8) is 0 Å². The van der Waals surface area contributed by atoms with E-state index < -0.39 is 0 Å². The van der Waals surface area contributed by atoms with Crippen molar-refractivity contribution < 1.29 is 5.11 Å². The molecule has 0 heterocycles. The maximum absolute atomic E-state index is 9.35. The molecule has 1 aliphatic rings. The van der Waals surface area contributed by atoms with Gasteiger partial charge in [-0.1, -0.05) is 34.1 Å². The number of rotatable bonds is 1. The van der Waals surface area contributed by atoms with Crippen LogP contribution in [0, 0.1) is 0 Å². The summed E-state index contributed by atoms with van der Waals surface area (Å²) in [5.74, 6) is 0. The highest BCUT2D eigenvalue weighted by molar-refractivity contribution is 9.10. The van der Waals surface area contributed by atoms with E-state index in [0.29, 0.717) is 0 Å². The standard InChI is InChI=1S/C11H11BrO/c12-10-4-1-8(2-5-10)9-3-6-11(13)7-9/h1-5,11,13H,6-7H2/t11-/m0/s1. The average Bonchev–Trinajstić information content (AvgIpc) is 2.53. The fraction of sp³-hybridized carbons (Fsp3) is 0.273. The Kier molecular flexibility index (Phi) is 2.51. The molecule has 0 saturated heterocycles. The molecule has 0 unspecified atom stereocenters. The molecule has 1 aromatic rings. The minimum absolute atomic E-state index is 0.168. The fourth-order valence-corrected chi connectivity index (χ4v) is 1.86. The van der Waals surface area contributed by atoms with Crippen LogP contribution in [0.2, 0.25) is 0 Å². The predicted molar refractivity (Wildman–Crippen MR) is 57.4 cm³/mol. The number of aliphatic hydroxyl groups is 1. The largest absolute Gasteiger partial charge is 0.392 e. The molecule has 2 rings (SSSR count). The van der Waals surface area contributed by atoms with Crippen molar-refractivity contribution in [1.29, 1.82) is 0 Å². The van der Waals surface area contributed by atoms with Gasteiger partial charge in [-0.15, -0.1) is 0 Å². The number of aliphatic hydroxyl groups excluding tert-OH is 1. The Morgan fingerprint density at radius 3 is 2.46 bits per heavy atom. The van der Waals surface area contributed by atoms with Crippen LogP contribution >= 0.6 is 15.9 Å². The molecule has 0 aromatic heterocycles. The van der Waals surface area contributed by atoms with E-state index in [0.717, 1.165) is 17.3 Å². The van der Waals surface area contributed by atoms with Crippen LogP contribution in [-0.4, -0.2) is 11.2 Å². The summed E-state index contributed by atoms with van der Waals surface area (Å²) in [6.45, 7) is 0. The van der Waals surface area contributed by atoms with E-state index in [2.05, 4.69) is 34.1 Å². The van der Waals surface area contributed by atoms with Gasteiger partial charge in [0.25, 0.3) is 0 Å². The summed E-state index contributed by atoms with van der Waals surface area (Å²) in [6.07, 6.45) is 3.54. The van der Waals surface area contributed by atoms with Crippen LogP contribution in [0.3, 0.4) is 0 Å². The van der Waals surface area contributed by atoms with E-state index in [1.807, 2.05) is 12.1 Å². The van der Waals surface area contributed by atoms with E-state index in [-0.39, 0.29) is 6.10 Å². The molecule has 1 aromatic carbocycles. The zero-order valence-corrected chi connectivity index (χ0v) is 8.79. The lowest BCUT2D eigenvalue weighted by molar-refractivity contribution is 0.191. The van der Waals surface area contributed by atoms with Crippen LogP contribution in [0.15, 0.2) is 34.8 Å². The van der Waals surface area contributed by atoms with Gasteiger partial charge < -0.3 is 5.11 Å². The third kappa shape index (κ3) is 2.01. The van der Waals surface area contributed by atoms with Crippen LogP contribution in [-0.2, 0) is 0 Å². The quantitative estimate of drug-likeness (QED) is 0.798. The molecule has 1 aliphatic carbocycles. The molecule has 68 valence electrons. The van der Waals surface area contributed by atoms with Gasteiger partial charge in [-0.2, -0.15) is 0 Å². The lowest BCUT2D eigenvalue weighted by atomic mass is 10.1. The maximum Gasteiger partial charge on any atom is 0.0615 e. The van der Waals surface area contributed by atoms with Gasteiger partial charge in [0.05, 0.1) is 6.10 Å². The molecule has 2 heteroatoms. The van der Waals surface area contributed by atoms with Crippen LogP contribution in [0.1, 0.15) is 18.4 Å². The molecular formula is C11H11BrO. The molecule has 0 amide bonds. The van der Waals surface area contributed by atoms with Crippen molar-refractivity contribution in [3.8, 4) is 0 Å². The third-order valence-corrected chi connectivity index (χ3v) is 2.84. The number of hydrogen-bond acceptors (Lipinski definition) is 1. The summed E-state index contributed by atoms with van der Waals surface area (Å²) >= 11 is 3.40. The average molecular weight is 239 g/mol. The van der Waals surface area contributed by atoms with Crippen LogP contribution in [0.4, 0.5) is 0 Å². The van der Waals surface area contributed by atoms with E-state index in [9.17, 15) is 5.11 Å². The lowest BCUT2D eigenvalue weighted by Crippen LogP contribution is -1.98. The highest BCUT2D eigenvalue weighted by Crippen LogP contribution is 2.28. The highest BCUT2D eigenvalue weighted by Gasteiger charge is 2.14. The molecule has 1 nitrogen and oxygen atoms in total. The first-order valence-corrected chi connectivity index (χ1v) is 5.18. The molecule has 0 radical (unpaired) electrons. The minimum atomic E-state index is -0.168. The summed E-state index contributed by atoms with van der Waals surface area (Å²) in [6, 6.07) is 8.21. The third-order valence-electron chi connectivity index (χ3n) is 2.31. The summed E-state index contributed by atoms with van der Waals surface area (Å²) < 4.78 is 1.09. The van der Waals surface area contributed by atoms with Crippen molar-refractivity contribution in [2.75, 3.05) is 0 Å². The van der Waals surface area contributed by atoms with Crippen molar-refractivity contribution >= 4 is 21.5 Å². The van der Waals surface area contributed by atoms with Gasteiger partial charge in [0.1, 0.15) is 0 Å². The molecule has 0 saturated carbocycles. The molecule has 1 atom stereocenters. The van der Waals surface area contributed by atoms with Crippen molar-refractivity contribution in [2.45, 2.75) is 18.9 Å². The highest BCUT2D eigenvalue weighted by atomic mass is 79.9. The van der Waals surface area contributed by atoms with Gasteiger partial charge in [-0.25, -0.2) is 0 Å². The van der Waals surface area contributed by atoms with Gasteiger partial charge in [0.15, 0.2) is 0 Å². The first-order chi connectivity index (χ1) is 6.25. The second kappa shape index (κ2) is 3.64. The Morgan fingerprint density at radius 2 is 1.92 bits per heavy atom. The fourth-order valence-electron chi connectivity index (χ4n) is 1.60. The summed E-state index contributed by atoms with van der Waals surface area (Å²) in [7, 11) is 0. The van der Waals surface area contributed by atoms with Gasteiger partial charge in [-0.05, 0) is 36.1 Å². The van der Waals surface area contributed by atoms with E-state index >= 15 is 0 Å². The first-order valence-electron chi connectivity index (χ1n) is 4.39. The second-order valence-electron chi connectivity index (χ2n) is 3.33. The molecule has 0 bridgehead atoms. The minimum Gasteiger partial charge on any atom is -0.392 e. The van der Waals surface area contributed by atoms with Gasteiger partial charge >= 0.3 is 0 Å². The molecular weight excluding hydrogens is 228 g/mol. The van der Waals surface area contributed by atoms with Gasteiger partial charge in [-0.3, -0.25) is 0 Å². The lowest BCUT2D eigenvalue weighted by Gasteiger charge is -2.03. The van der Waals surface area contributed by atoms with Crippen molar-refractivity contribution in [1.82, 2.24) is 0 Å². The molecule has 13 heavy (non-hydrogen) atoms. The molecule has 0 fully saturated rings.